The number of phenols is 2. The van der Waals surface area contributed by atoms with Gasteiger partial charge in [-0.2, -0.15) is 5.10 Å². The molecule has 0 bridgehead atoms. The van der Waals surface area contributed by atoms with Crippen LogP contribution in [0.25, 0.3) is 17.1 Å². The number of phenolic OH excluding ortho intramolecular Hbond substituents is 2. The number of H-pyrrole nitrogens is 1. The number of aryl methyl sites for hydroxylation is 1. The molecular formula is C17H17N3O3S. The quantitative estimate of drug-likeness (QED) is 0.633. The van der Waals surface area contributed by atoms with Crippen LogP contribution in [0.15, 0.2) is 30.3 Å². The zero-order chi connectivity index (χ0) is 17.4. The van der Waals surface area contributed by atoms with Gasteiger partial charge in [-0.1, -0.05) is 12.1 Å². The van der Waals surface area contributed by atoms with Crippen LogP contribution in [-0.4, -0.2) is 32.1 Å². The normalized spacial score (nSPS) is 10.8. The Morgan fingerprint density at radius 1 is 1.17 bits per heavy atom. The first-order valence-corrected chi connectivity index (χ1v) is 7.69. The number of hydrogen-bond donors (Lipinski definition) is 3. The van der Waals surface area contributed by atoms with Gasteiger partial charge < -0.3 is 14.9 Å². The molecule has 7 heteroatoms. The van der Waals surface area contributed by atoms with Gasteiger partial charge in [-0.15, -0.1) is 0 Å². The Labute approximate surface area is 144 Å². The van der Waals surface area contributed by atoms with Crippen molar-refractivity contribution in [3.05, 3.63) is 46.2 Å². The molecule has 3 aromatic rings. The van der Waals surface area contributed by atoms with Crippen molar-refractivity contribution in [3.8, 4) is 34.3 Å². The molecule has 124 valence electrons. The lowest BCUT2D eigenvalue weighted by Crippen LogP contribution is -2.02. The first kappa shape index (κ1) is 16.1. The number of aromatic amines is 1. The summed E-state index contributed by atoms with van der Waals surface area (Å²) in [5, 5.41) is 27.1. The first-order chi connectivity index (χ1) is 11.4. The maximum absolute atomic E-state index is 10.3. The smallest absolute Gasteiger partial charge is 0.200 e. The highest BCUT2D eigenvalue weighted by Crippen LogP contribution is 2.39. The van der Waals surface area contributed by atoms with E-state index in [2.05, 4.69) is 10.2 Å². The lowest BCUT2D eigenvalue weighted by molar-refractivity contribution is 0.370. The molecule has 0 saturated carbocycles. The molecule has 24 heavy (non-hydrogen) atoms. The molecule has 2 aromatic carbocycles. The molecule has 0 atom stereocenters. The van der Waals surface area contributed by atoms with Crippen molar-refractivity contribution in [1.82, 2.24) is 14.8 Å². The van der Waals surface area contributed by atoms with Gasteiger partial charge in [0.2, 0.25) is 0 Å². The summed E-state index contributed by atoms with van der Waals surface area (Å²) in [6.07, 6.45) is 0. The van der Waals surface area contributed by atoms with Crippen LogP contribution in [0, 0.1) is 18.6 Å². The lowest BCUT2D eigenvalue weighted by atomic mass is 10.1. The third-order valence-corrected chi connectivity index (χ3v) is 4.30. The number of methoxy groups -OCH3 is 1. The highest BCUT2D eigenvalue weighted by atomic mass is 32.1. The highest BCUT2D eigenvalue weighted by molar-refractivity contribution is 7.71. The predicted molar refractivity (Wildman–Crippen MR) is 93.5 cm³/mol. The van der Waals surface area contributed by atoms with Crippen molar-refractivity contribution < 1.29 is 14.9 Å². The highest BCUT2D eigenvalue weighted by Gasteiger charge is 2.18. The number of nitrogens with one attached hydrogen (secondary N) is 1. The molecule has 1 aromatic heterocycles. The summed E-state index contributed by atoms with van der Waals surface area (Å²) in [6, 6.07) is 8.64. The molecular weight excluding hydrogens is 326 g/mol. The van der Waals surface area contributed by atoms with Crippen molar-refractivity contribution in [1.29, 1.82) is 0 Å². The molecule has 0 spiro atoms. The maximum atomic E-state index is 10.3. The van der Waals surface area contributed by atoms with Crippen molar-refractivity contribution >= 4 is 12.2 Å². The van der Waals surface area contributed by atoms with E-state index in [9.17, 15) is 10.2 Å². The summed E-state index contributed by atoms with van der Waals surface area (Å²) in [5.74, 6) is 0.411. The SMILES string of the molecule is COc1cc(-c2n[nH]c(=S)n2-c2cccc(C)c2C)c(O)cc1O. The van der Waals surface area contributed by atoms with Crippen molar-refractivity contribution in [3.63, 3.8) is 0 Å². The van der Waals surface area contributed by atoms with Crippen LogP contribution in [0.5, 0.6) is 17.2 Å². The molecule has 0 aliphatic carbocycles. The van der Waals surface area contributed by atoms with Gasteiger partial charge in [0.05, 0.1) is 18.4 Å². The largest absolute Gasteiger partial charge is 0.507 e. The summed E-state index contributed by atoms with van der Waals surface area (Å²) in [6.45, 7) is 4.02. The molecule has 0 aliphatic heterocycles. The lowest BCUT2D eigenvalue weighted by Gasteiger charge is -2.13. The van der Waals surface area contributed by atoms with E-state index in [1.165, 1.54) is 19.2 Å². The Balaban J connectivity index is 2.30. The number of aromatic hydroxyl groups is 2. The molecule has 0 radical (unpaired) electrons. The van der Waals surface area contributed by atoms with Crippen LogP contribution >= 0.6 is 12.2 Å². The predicted octanol–water partition coefficient (Wildman–Crippen LogP) is 3.63. The molecule has 3 N–H and O–H groups in total. The van der Waals surface area contributed by atoms with Crippen LogP contribution < -0.4 is 4.74 Å². The zero-order valence-corrected chi connectivity index (χ0v) is 14.3. The van der Waals surface area contributed by atoms with Crippen molar-refractivity contribution in [2.75, 3.05) is 7.11 Å². The van der Waals surface area contributed by atoms with Gasteiger partial charge >= 0.3 is 0 Å². The second-order valence-electron chi connectivity index (χ2n) is 5.45. The summed E-state index contributed by atoms with van der Waals surface area (Å²) < 4.78 is 7.28. The van der Waals surface area contributed by atoms with Gasteiger partial charge in [-0.25, -0.2) is 0 Å². The van der Waals surface area contributed by atoms with Crippen LogP contribution in [0.2, 0.25) is 0 Å². The van der Waals surface area contributed by atoms with Crippen molar-refractivity contribution in [2.24, 2.45) is 0 Å². The van der Waals surface area contributed by atoms with Crippen LogP contribution in [0.1, 0.15) is 11.1 Å². The van der Waals surface area contributed by atoms with Gasteiger partial charge in [0.1, 0.15) is 5.75 Å². The first-order valence-electron chi connectivity index (χ1n) is 7.28. The minimum absolute atomic E-state index is 0.117. The third-order valence-electron chi connectivity index (χ3n) is 4.03. The molecule has 0 fully saturated rings. The van der Waals surface area contributed by atoms with E-state index in [1.54, 1.807) is 4.57 Å². The molecule has 6 nitrogen and oxygen atoms in total. The van der Waals surface area contributed by atoms with Gasteiger partial charge in [-0.3, -0.25) is 9.67 Å². The van der Waals surface area contributed by atoms with Crippen LogP contribution in [0.3, 0.4) is 0 Å². The fourth-order valence-corrected chi connectivity index (χ4v) is 2.81. The summed E-state index contributed by atoms with van der Waals surface area (Å²) >= 11 is 5.37. The fourth-order valence-electron chi connectivity index (χ4n) is 2.58. The number of nitrogens with zero attached hydrogens (tertiary/aromatic N) is 2. The maximum Gasteiger partial charge on any atom is 0.200 e. The number of hydrogen-bond acceptors (Lipinski definition) is 5. The van der Waals surface area contributed by atoms with Gasteiger partial charge in [0.15, 0.2) is 22.1 Å². The van der Waals surface area contributed by atoms with E-state index in [0.29, 0.717) is 16.2 Å². The van der Waals surface area contributed by atoms with Crippen LogP contribution in [0.4, 0.5) is 0 Å². The number of rotatable bonds is 3. The number of aromatic nitrogens is 3. The topological polar surface area (TPSA) is 83.3 Å². The average Bonchev–Trinajstić information content (AvgIpc) is 2.92. The average molecular weight is 343 g/mol. The van der Waals surface area contributed by atoms with E-state index < -0.39 is 0 Å². The molecule has 0 aliphatic rings. The Bertz CT molecular complexity index is 976. The minimum Gasteiger partial charge on any atom is -0.507 e. The standard InChI is InChI=1S/C17H17N3O3S/c1-9-5-4-6-12(10(9)2)20-16(18-19-17(20)24)11-7-15(23-3)14(22)8-13(11)21/h4-8,21-22H,1-3H3,(H,19,24). The van der Waals surface area contributed by atoms with E-state index in [4.69, 9.17) is 17.0 Å². The summed E-state index contributed by atoms with van der Waals surface area (Å²) in [4.78, 5) is 0. The third kappa shape index (κ3) is 2.52. The Morgan fingerprint density at radius 2 is 1.92 bits per heavy atom. The molecule has 0 saturated heterocycles. The second kappa shape index (κ2) is 6.01. The van der Waals surface area contributed by atoms with Gasteiger partial charge in [0.25, 0.3) is 0 Å². The summed E-state index contributed by atoms with van der Waals surface area (Å²) in [7, 11) is 1.44. The van der Waals surface area contributed by atoms with E-state index in [-0.39, 0.29) is 17.2 Å². The van der Waals surface area contributed by atoms with Crippen molar-refractivity contribution in [2.45, 2.75) is 13.8 Å². The number of ether oxygens (including phenoxy) is 1. The van der Waals surface area contributed by atoms with E-state index in [1.807, 2.05) is 32.0 Å². The Morgan fingerprint density at radius 3 is 2.62 bits per heavy atom. The Kier molecular flexibility index (Phi) is 4.02. The number of benzene rings is 2. The Hall–Kier alpha value is -2.80. The molecule has 3 rings (SSSR count). The fraction of sp³-hybridized carbons (Fsp3) is 0.176. The van der Waals surface area contributed by atoms with Gasteiger partial charge in [-0.05, 0) is 49.3 Å². The molecule has 0 unspecified atom stereocenters. The van der Waals surface area contributed by atoms with E-state index in [0.717, 1.165) is 16.8 Å². The van der Waals surface area contributed by atoms with Gasteiger partial charge in [0, 0.05) is 6.07 Å². The molecule has 1 heterocycles. The zero-order valence-electron chi connectivity index (χ0n) is 13.5. The second-order valence-corrected chi connectivity index (χ2v) is 5.83. The molecule has 0 amide bonds. The minimum atomic E-state index is -0.147. The van der Waals surface area contributed by atoms with E-state index >= 15 is 0 Å². The monoisotopic (exact) mass is 343 g/mol. The summed E-state index contributed by atoms with van der Waals surface area (Å²) in [5.41, 5.74) is 3.45. The van der Waals surface area contributed by atoms with Crippen LogP contribution in [-0.2, 0) is 0 Å².